The molecule has 1 aromatic carbocycles. The van der Waals surface area contributed by atoms with Crippen molar-refractivity contribution >= 4 is 39.8 Å². The Morgan fingerprint density at radius 1 is 1.13 bits per heavy atom. The fourth-order valence-electron chi connectivity index (χ4n) is 3.60. The van der Waals surface area contributed by atoms with Crippen LogP contribution in [-0.2, 0) is 6.18 Å². The number of benzene rings is 1. The van der Waals surface area contributed by atoms with E-state index >= 15 is 0 Å². The number of pyridine rings is 1. The molecule has 1 aliphatic heterocycles. The Balaban J connectivity index is 1.70. The fraction of sp³-hybridized carbons (Fsp3) is 0.350. The average Bonchev–Trinajstić information content (AvgIpc) is 3.21. The Morgan fingerprint density at radius 3 is 2.57 bits per heavy atom. The zero-order chi connectivity index (χ0) is 21.5. The van der Waals surface area contributed by atoms with Gasteiger partial charge in [0.15, 0.2) is 0 Å². The van der Waals surface area contributed by atoms with Crippen molar-refractivity contribution in [1.82, 2.24) is 15.0 Å². The number of halogens is 4. The molecule has 0 radical (unpaired) electrons. The Morgan fingerprint density at radius 2 is 1.87 bits per heavy atom. The zero-order valence-electron chi connectivity index (χ0n) is 16.2. The summed E-state index contributed by atoms with van der Waals surface area (Å²) in [5, 5.41) is 3.88. The number of aromatic nitrogens is 3. The molecule has 30 heavy (non-hydrogen) atoms. The van der Waals surface area contributed by atoms with Crippen LogP contribution in [0.5, 0.6) is 0 Å². The number of rotatable bonds is 4. The molecule has 0 saturated carbocycles. The molecule has 0 amide bonds. The second-order valence-electron chi connectivity index (χ2n) is 7.35. The van der Waals surface area contributed by atoms with Gasteiger partial charge in [-0.05, 0) is 61.2 Å². The van der Waals surface area contributed by atoms with Crippen LogP contribution in [0.3, 0.4) is 0 Å². The smallest absolute Gasteiger partial charge is 0.399 e. The van der Waals surface area contributed by atoms with E-state index in [4.69, 9.17) is 17.3 Å². The predicted octanol–water partition coefficient (Wildman–Crippen LogP) is 5.05. The lowest BCUT2D eigenvalue weighted by molar-refractivity contribution is -0.137. The van der Waals surface area contributed by atoms with E-state index in [-0.39, 0.29) is 11.0 Å². The first-order valence-corrected chi connectivity index (χ1v) is 9.91. The molecule has 3 aromatic rings. The van der Waals surface area contributed by atoms with Gasteiger partial charge in [0.25, 0.3) is 0 Å². The number of hydrogen-bond donors (Lipinski definition) is 2. The highest BCUT2D eigenvalue weighted by Crippen LogP contribution is 2.34. The summed E-state index contributed by atoms with van der Waals surface area (Å²) in [5.74, 6) is 1.24. The van der Waals surface area contributed by atoms with Crippen LogP contribution in [0.4, 0.5) is 30.5 Å². The van der Waals surface area contributed by atoms with Crippen molar-refractivity contribution in [3.8, 4) is 0 Å². The summed E-state index contributed by atoms with van der Waals surface area (Å²) in [5.41, 5.74) is 5.89. The number of nitrogens with zero attached hydrogens (tertiary/aromatic N) is 4. The van der Waals surface area contributed by atoms with Crippen LogP contribution in [0.25, 0.3) is 10.9 Å². The Kier molecular flexibility index (Phi) is 5.31. The molecule has 4 rings (SSSR count). The van der Waals surface area contributed by atoms with Crippen LogP contribution in [0.1, 0.15) is 36.9 Å². The van der Waals surface area contributed by atoms with Gasteiger partial charge in [-0.15, -0.1) is 0 Å². The number of anilines is 3. The van der Waals surface area contributed by atoms with E-state index in [2.05, 4.69) is 25.2 Å². The zero-order valence-corrected chi connectivity index (χ0v) is 16.9. The minimum atomic E-state index is -4.48. The highest BCUT2D eigenvalue weighted by Gasteiger charge is 2.31. The topological polar surface area (TPSA) is 80.0 Å². The third-order valence-corrected chi connectivity index (χ3v) is 5.30. The lowest BCUT2D eigenvalue weighted by Crippen LogP contribution is -2.19. The van der Waals surface area contributed by atoms with Crippen molar-refractivity contribution in [2.45, 2.75) is 32.0 Å². The maximum absolute atomic E-state index is 13.2. The summed E-state index contributed by atoms with van der Waals surface area (Å²) in [6.07, 6.45) is -0.633. The number of fused-ring (bicyclic) bond motifs is 1. The largest absolute Gasteiger partial charge is 0.416 e. The van der Waals surface area contributed by atoms with Gasteiger partial charge in [-0.25, -0.2) is 15.0 Å². The minimum Gasteiger partial charge on any atom is -0.399 e. The van der Waals surface area contributed by atoms with Crippen molar-refractivity contribution < 1.29 is 13.2 Å². The molecule has 6 nitrogen and oxygen atoms in total. The molecular formula is C20H20ClF3N6. The summed E-state index contributed by atoms with van der Waals surface area (Å²) in [4.78, 5) is 15.1. The van der Waals surface area contributed by atoms with Gasteiger partial charge in [0.2, 0.25) is 5.28 Å². The quantitative estimate of drug-likeness (QED) is 0.440. The molecule has 1 atom stereocenters. The molecule has 2 aromatic heterocycles. The second-order valence-corrected chi connectivity index (χ2v) is 7.69. The van der Waals surface area contributed by atoms with E-state index in [1.807, 2.05) is 6.07 Å². The molecule has 158 valence electrons. The summed E-state index contributed by atoms with van der Waals surface area (Å²) < 4.78 is 39.5. The molecular weight excluding hydrogens is 417 g/mol. The van der Waals surface area contributed by atoms with Gasteiger partial charge < -0.3 is 16.0 Å². The lowest BCUT2D eigenvalue weighted by atomic mass is 10.0. The average molecular weight is 437 g/mol. The molecule has 1 fully saturated rings. The Hall–Kier alpha value is -2.81. The van der Waals surface area contributed by atoms with E-state index < -0.39 is 17.8 Å². The van der Waals surface area contributed by atoms with Gasteiger partial charge in [0.05, 0.1) is 23.3 Å². The Bertz CT molecular complexity index is 1080. The number of hydrogen-bond acceptors (Lipinski definition) is 6. The third kappa shape index (κ3) is 4.21. The molecule has 1 aliphatic rings. The standard InChI is InChI=1S/C20H20ClF3N6/c1-11(12-6-13(20(22,23)24)8-14(25)7-12)27-18-15-9-17(30-4-2-3-5-30)26-10-16(15)28-19(21)29-18/h6-11H,2-5,25H2,1H3,(H,27,28,29)/t11-/m1/s1. The van der Waals surface area contributed by atoms with Gasteiger partial charge in [0.1, 0.15) is 11.6 Å². The summed E-state index contributed by atoms with van der Waals surface area (Å²) in [6, 6.07) is 4.88. The molecule has 0 aliphatic carbocycles. The van der Waals surface area contributed by atoms with Crippen molar-refractivity contribution in [2.24, 2.45) is 0 Å². The van der Waals surface area contributed by atoms with Crippen LogP contribution < -0.4 is 16.0 Å². The van der Waals surface area contributed by atoms with Crippen LogP contribution in [-0.4, -0.2) is 28.0 Å². The van der Waals surface area contributed by atoms with E-state index in [1.54, 1.807) is 13.1 Å². The first kappa shape index (κ1) is 20.5. The molecule has 0 bridgehead atoms. The maximum atomic E-state index is 13.2. The normalized spacial score (nSPS) is 15.6. The predicted molar refractivity (Wildman–Crippen MR) is 112 cm³/mol. The first-order chi connectivity index (χ1) is 14.2. The molecule has 3 N–H and O–H groups in total. The van der Waals surface area contributed by atoms with Gasteiger partial charge in [0, 0.05) is 24.2 Å². The van der Waals surface area contributed by atoms with Crippen LogP contribution in [0.2, 0.25) is 5.28 Å². The van der Waals surface area contributed by atoms with Crippen LogP contribution in [0, 0.1) is 0 Å². The highest BCUT2D eigenvalue weighted by atomic mass is 35.5. The summed E-state index contributed by atoms with van der Waals surface area (Å²) in [7, 11) is 0. The van der Waals surface area contributed by atoms with Gasteiger partial charge in [-0.3, -0.25) is 0 Å². The third-order valence-electron chi connectivity index (χ3n) is 5.13. The first-order valence-electron chi connectivity index (χ1n) is 9.53. The highest BCUT2D eigenvalue weighted by molar-refractivity contribution is 6.28. The monoisotopic (exact) mass is 436 g/mol. The molecule has 10 heteroatoms. The van der Waals surface area contributed by atoms with E-state index in [9.17, 15) is 13.2 Å². The molecule has 0 unspecified atom stereocenters. The minimum absolute atomic E-state index is 0.0245. The number of nitrogens with two attached hydrogens (primary N) is 1. The maximum Gasteiger partial charge on any atom is 0.416 e. The fourth-order valence-corrected chi connectivity index (χ4v) is 3.78. The second kappa shape index (κ2) is 7.79. The summed E-state index contributed by atoms with van der Waals surface area (Å²) in [6.45, 7) is 3.59. The molecule has 3 heterocycles. The number of alkyl halides is 3. The van der Waals surface area contributed by atoms with Crippen LogP contribution >= 0.6 is 11.6 Å². The van der Waals surface area contributed by atoms with Crippen molar-refractivity contribution in [3.63, 3.8) is 0 Å². The van der Waals surface area contributed by atoms with Gasteiger partial charge >= 0.3 is 6.18 Å². The SMILES string of the molecule is C[C@@H](Nc1nc(Cl)nc2cnc(N3CCCC3)cc12)c1cc(N)cc(C(F)(F)F)c1. The van der Waals surface area contributed by atoms with Crippen molar-refractivity contribution in [1.29, 1.82) is 0 Å². The van der Waals surface area contributed by atoms with E-state index in [0.29, 0.717) is 22.3 Å². The molecule has 1 saturated heterocycles. The van der Waals surface area contributed by atoms with Gasteiger partial charge in [-0.2, -0.15) is 13.2 Å². The van der Waals surface area contributed by atoms with E-state index in [0.717, 1.165) is 43.9 Å². The van der Waals surface area contributed by atoms with E-state index in [1.165, 1.54) is 6.07 Å². The number of nitrogens with one attached hydrogen (secondary N) is 1. The van der Waals surface area contributed by atoms with Gasteiger partial charge in [-0.1, -0.05) is 0 Å². The summed E-state index contributed by atoms with van der Waals surface area (Å²) >= 11 is 6.06. The number of nitrogen functional groups attached to an aromatic ring is 1. The van der Waals surface area contributed by atoms with Crippen molar-refractivity contribution in [2.75, 3.05) is 29.0 Å². The lowest BCUT2D eigenvalue weighted by Gasteiger charge is -2.20. The molecule has 0 spiro atoms. The Labute approximate surface area is 176 Å². The van der Waals surface area contributed by atoms with Crippen molar-refractivity contribution in [3.05, 3.63) is 46.9 Å². The van der Waals surface area contributed by atoms with Crippen LogP contribution in [0.15, 0.2) is 30.5 Å².